The molecule has 0 spiro atoms. The third-order valence-electron chi connectivity index (χ3n) is 6.86. The average Bonchev–Trinajstić information content (AvgIpc) is 3.56. The van der Waals surface area contributed by atoms with Gasteiger partial charge < -0.3 is 10.3 Å². The number of para-hydroxylation sites is 1. The van der Waals surface area contributed by atoms with Crippen LogP contribution in [-0.4, -0.2) is 36.0 Å². The molecule has 0 atom stereocenters. The van der Waals surface area contributed by atoms with Crippen molar-refractivity contribution in [3.8, 4) is 33.8 Å². The molecule has 8 heteroatoms. The lowest BCUT2D eigenvalue weighted by molar-refractivity contribution is -0.117. The van der Waals surface area contributed by atoms with E-state index in [4.69, 9.17) is 4.98 Å². The van der Waals surface area contributed by atoms with Gasteiger partial charge in [0, 0.05) is 41.8 Å². The van der Waals surface area contributed by atoms with Crippen molar-refractivity contribution in [3.05, 3.63) is 78.8 Å². The second-order valence-corrected chi connectivity index (χ2v) is 11.3. The molecule has 4 heterocycles. The van der Waals surface area contributed by atoms with E-state index in [0.29, 0.717) is 17.9 Å². The molecule has 0 aliphatic rings. The topological polar surface area (TPSA) is 112 Å². The van der Waals surface area contributed by atoms with Gasteiger partial charge in [-0.05, 0) is 64.9 Å². The minimum absolute atomic E-state index is 0.00780. The Morgan fingerprint density at radius 3 is 2.58 bits per heavy atom. The predicted octanol–water partition coefficient (Wildman–Crippen LogP) is 7.17. The van der Waals surface area contributed by atoms with Crippen LogP contribution >= 0.6 is 0 Å². The lowest BCUT2D eigenvalue weighted by atomic mass is 9.92. The molecule has 0 bridgehead atoms. The predicted molar refractivity (Wildman–Crippen MR) is 160 cm³/mol. The summed E-state index contributed by atoms with van der Waals surface area (Å²) in [6.07, 6.45) is 6.69. The normalized spacial score (nSPS) is 11.8. The molecule has 1 amide bonds. The molecule has 2 aromatic carbocycles. The van der Waals surface area contributed by atoms with Gasteiger partial charge in [-0.25, -0.2) is 9.97 Å². The third kappa shape index (κ3) is 5.08. The highest BCUT2D eigenvalue weighted by Gasteiger charge is 2.18. The Bertz CT molecular complexity index is 1840. The van der Waals surface area contributed by atoms with Crippen molar-refractivity contribution in [1.29, 1.82) is 0 Å². The molecule has 40 heavy (non-hydrogen) atoms. The number of H-pyrrole nitrogens is 2. The van der Waals surface area contributed by atoms with Crippen LogP contribution in [0.2, 0.25) is 0 Å². The number of hydrogen-bond donors (Lipinski definition) is 3. The molecule has 0 aliphatic carbocycles. The quantitative estimate of drug-likeness (QED) is 0.212. The summed E-state index contributed by atoms with van der Waals surface area (Å²) in [5.41, 5.74) is 9.03. The number of imidazole rings is 1. The van der Waals surface area contributed by atoms with Crippen LogP contribution in [0.25, 0.3) is 55.8 Å². The number of fused-ring (bicyclic) bond motifs is 2. The summed E-state index contributed by atoms with van der Waals surface area (Å²) in [6, 6.07) is 18.3. The van der Waals surface area contributed by atoms with Crippen LogP contribution < -0.4 is 5.32 Å². The number of amides is 1. The van der Waals surface area contributed by atoms with Crippen LogP contribution in [-0.2, 0) is 11.2 Å². The second-order valence-electron chi connectivity index (χ2n) is 11.3. The third-order valence-corrected chi connectivity index (χ3v) is 6.86. The van der Waals surface area contributed by atoms with E-state index in [1.807, 2.05) is 42.6 Å². The number of anilines is 1. The zero-order chi connectivity index (χ0) is 27.9. The minimum Gasteiger partial charge on any atom is -0.337 e. The zero-order valence-electron chi connectivity index (χ0n) is 23.0. The molecular weight excluding hydrogens is 498 g/mol. The monoisotopic (exact) mass is 529 g/mol. The zero-order valence-corrected chi connectivity index (χ0v) is 23.0. The van der Waals surface area contributed by atoms with Gasteiger partial charge in [0.25, 0.3) is 0 Å². The van der Waals surface area contributed by atoms with Crippen molar-refractivity contribution in [1.82, 2.24) is 30.1 Å². The molecule has 0 saturated heterocycles. The fourth-order valence-corrected chi connectivity index (χ4v) is 4.97. The summed E-state index contributed by atoms with van der Waals surface area (Å²) in [7, 11) is 0. The van der Waals surface area contributed by atoms with E-state index in [1.165, 1.54) is 0 Å². The number of pyridine rings is 2. The van der Waals surface area contributed by atoms with Crippen LogP contribution in [0.3, 0.4) is 0 Å². The van der Waals surface area contributed by atoms with E-state index >= 15 is 0 Å². The van der Waals surface area contributed by atoms with E-state index < -0.39 is 0 Å². The Balaban J connectivity index is 1.40. The number of aromatic amines is 2. The van der Waals surface area contributed by atoms with Crippen molar-refractivity contribution in [2.75, 3.05) is 5.32 Å². The van der Waals surface area contributed by atoms with E-state index in [2.05, 4.69) is 76.4 Å². The van der Waals surface area contributed by atoms with Gasteiger partial charge in [-0.2, -0.15) is 5.10 Å². The molecule has 6 rings (SSSR count). The van der Waals surface area contributed by atoms with E-state index in [9.17, 15) is 4.79 Å². The Hall–Kier alpha value is -4.85. The average molecular weight is 530 g/mol. The van der Waals surface area contributed by atoms with Gasteiger partial charge >= 0.3 is 0 Å². The summed E-state index contributed by atoms with van der Waals surface area (Å²) in [4.78, 5) is 29.9. The minimum atomic E-state index is -0.0857. The molecule has 3 N–H and O–H groups in total. The Morgan fingerprint density at radius 1 is 0.975 bits per heavy atom. The second kappa shape index (κ2) is 10.0. The van der Waals surface area contributed by atoms with E-state index in [1.54, 1.807) is 12.4 Å². The number of carbonyl (C=O) groups is 1. The first kappa shape index (κ1) is 25.4. The van der Waals surface area contributed by atoms with Crippen molar-refractivity contribution >= 4 is 33.7 Å². The van der Waals surface area contributed by atoms with E-state index in [0.717, 1.165) is 62.0 Å². The van der Waals surface area contributed by atoms with Crippen LogP contribution in [0.1, 0.15) is 39.7 Å². The number of benzene rings is 2. The number of nitrogens with zero attached hydrogens (tertiary/aromatic N) is 4. The number of rotatable bonds is 6. The maximum Gasteiger partial charge on any atom is 0.224 e. The van der Waals surface area contributed by atoms with Gasteiger partial charge in [0.05, 0.1) is 16.4 Å². The molecule has 0 fully saturated rings. The Morgan fingerprint density at radius 2 is 1.80 bits per heavy atom. The highest BCUT2D eigenvalue weighted by Crippen LogP contribution is 2.33. The lowest BCUT2D eigenvalue weighted by Crippen LogP contribution is -2.19. The standard InChI is InChI=1S/C32H31N7O/c1-5-19-13-21(15-23(14-19)35-27(40)17-32(2,3)4)22-16-25-29(38-39-30(25)34-18-22)31-36-26-8-6-7-24(28(26)37-31)20-9-11-33-12-10-20/h6-16,18H,5,17H2,1-4H3,(H,35,40)(H,36,37)(H,34,38,39). The van der Waals surface area contributed by atoms with Gasteiger partial charge in [-0.3, -0.25) is 14.9 Å². The molecule has 200 valence electrons. The number of aryl methyl sites for hydroxylation is 1. The number of hydrogen-bond acceptors (Lipinski definition) is 5. The van der Waals surface area contributed by atoms with Crippen molar-refractivity contribution in [2.45, 2.75) is 40.5 Å². The largest absolute Gasteiger partial charge is 0.337 e. The van der Waals surface area contributed by atoms with Crippen molar-refractivity contribution < 1.29 is 4.79 Å². The van der Waals surface area contributed by atoms with Gasteiger partial charge in [0.2, 0.25) is 5.91 Å². The smallest absolute Gasteiger partial charge is 0.224 e. The van der Waals surface area contributed by atoms with Gasteiger partial charge in [0.1, 0.15) is 5.69 Å². The summed E-state index contributed by atoms with van der Waals surface area (Å²) in [5.74, 6) is 0.698. The van der Waals surface area contributed by atoms with Crippen LogP contribution in [0.5, 0.6) is 0 Å². The summed E-state index contributed by atoms with van der Waals surface area (Å²) in [6.45, 7) is 8.29. The molecule has 0 unspecified atom stereocenters. The van der Waals surface area contributed by atoms with Gasteiger partial charge in [0.15, 0.2) is 11.5 Å². The molecule has 8 nitrogen and oxygen atoms in total. The van der Waals surface area contributed by atoms with Crippen molar-refractivity contribution in [2.24, 2.45) is 5.41 Å². The Kier molecular flexibility index (Phi) is 6.38. The van der Waals surface area contributed by atoms with Gasteiger partial charge in [-0.15, -0.1) is 0 Å². The Labute approximate surface area is 232 Å². The maximum absolute atomic E-state index is 12.7. The number of aromatic nitrogens is 6. The fourth-order valence-electron chi connectivity index (χ4n) is 4.97. The van der Waals surface area contributed by atoms with Gasteiger partial charge in [-0.1, -0.05) is 45.9 Å². The molecule has 0 aliphatic heterocycles. The van der Waals surface area contributed by atoms with E-state index in [-0.39, 0.29) is 11.3 Å². The SMILES string of the molecule is CCc1cc(NC(=O)CC(C)(C)C)cc(-c2cnc3n[nH]c(-c4nc5c(-c6ccncc6)cccc5[nH]4)c3c2)c1. The first-order chi connectivity index (χ1) is 19.3. The van der Waals surface area contributed by atoms with Crippen molar-refractivity contribution in [3.63, 3.8) is 0 Å². The first-order valence-electron chi connectivity index (χ1n) is 13.5. The summed E-state index contributed by atoms with van der Waals surface area (Å²) in [5, 5.41) is 11.5. The molecule has 6 aromatic rings. The van der Waals surface area contributed by atoms with Crippen LogP contribution in [0.15, 0.2) is 73.2 Å². The number of carbonyl (C=O) groups excluding carboxylic acids is 1. The maximum atomic E-state index is 12.7. The van der Waals surface area contributed by atoms with Crippen LogP contribution in [0.4, 0.5) is 5.69 Å². The fraction of sp³-hybridized carbons (Fsp3) is 0.219. The molecule has 0 radical (unpaired) electrons. The lowest BCUT2D eigenvalue weighted by Gasteiger charge is -2.18. The molecular formula is C32H31N7O. The first-order valence-corrected chi connectivity index (χ1v) is 13.5. The highest BCUT2D eigenvalue weighted by molar-refractivity contribution is 5.97. The highest BCUT2D eigenvalue weighted by atomic mass is 16.1. The van der Waals surface area contributed by atoms with Crippen LogP contribution in [0, 0.1) is 5.41 Å². The molecule has 4 aromatic heterocycles. The molecule has 0 saturated carbocycles. The number of nitrogens with one attached hydrogen (secondary N) is 3. The summed E-state index contributed by atoms with van der Waals surface area (Å²) >= 11 is 0. The summed E-state index contributed by atoms with van der Waals surface area (Å²) < 4.78 is 0.